The van der Waals surface area contributed by atoms with Crippen LogP contribution in [0, 0.1) is 5.82 Å². The lowest BCUT2D eigenvalue weighted by Crippen LogP contribution is -2.40. The largest absolute Gasteiger partial charge is 0.328 e. The van der Waals surface area contributed by atoms with Gasteiger partial charge in [-0.1, -0.05) is 31.4 Å². The van der Waals surface area contributed by atoms with E-state index in [1.807, 2.05) is 16.8 Å². The third-order valence-electron chi connectivity index (χ3n) is 6.07. The quantitative estimate of drug-likeness (QED) is 0.842. The number of rotatable bonds is 5. The van der Waals surface area contributed by atoms with Crippen LogP contribution in [0.3, 0.4) is 0 Å². The minimum atomic E-state index is -0.229. The highest BCUT2D eigenvalue weighted by Crippen LogP contribution is 2.31. The van der Waals surface area contributed by atoms with Crippen LogP contribution in [0.5, 0.6) is 0 Å². The van der Waals surface area contributed by atoms with Crippen LogP contribution >= 0.6 is 0 Å². The molecular formula is C20H29FN6. The molecule has 0 saturated heterocycles. The summed E-state index contributed by atoms with van der Waals surface area (Å²) < 4.78 is 15.5. The molecule has 0 spiro atoms. The Morgan fingerprint density at radius 3 is 2.41 bits per heavy atom. The van der Waals surface area contributed by atoms with Crippen molar-refractivity contribution in [2.45, 2.75) is 82.0 Å². The molecule has 0 bridgehead atoms. The number of hydrogen-bond donors (Lipinski definition) is 2. The first-order valence-corrected chi connectivity index (χ1v) is 10.3. The van der Waals surface area contributed by atoms with E-state index >= 15 is 0 Å². The van der Waals surface area contributed by atoms with Gasteiger partial charge in [0.1, 0.15) is 5.82 Å². The Balaban J connectivity index is 1.61. The number of aromatic nitrogens is 4. The summed E-state index contributed by atoms with van der Waals surface area (Å²) in [4.78, 5) is 0. The minimum Gasteiger partial charge on any atom is -0.328 e. The number of halogens is 1. The van der Waals surface area contributed by atoms with Gasteiger partial charge in [0.15, 0.2) is 5.82 Å². The molecule has 3 N–H and O–H groups in total. The molecule has 1 unspecified atom stereocenters. The van der Waals surface area contributed by atoms with E-state index in [1.165, 1.54) is 31.4 Å². The van der Waals surface area contributed by atoms with Crippen molar-refractivity contribution in [2.24, 2.45) is 5.73 Å². The zero-order valence-corrected chi connectivity index (χ0v) is 15.7. The summed E-state index contributed by atoms with van der Waals surface area (Å²) in [5.41, 5.74) is 7.06. The summed E-state index contributed by atoms with van der Waals surface area (Å²) in [6.07, 6.45) is 10.1. The van der Waals surface area contributed by atoms with Crippen molar-refractivity contribution in [3.63, 3.8) is 0 Å². The highest BCUT2D eigenvalue weighted by atomic mass is 19.1. The Morgan fingerprint density at radius 2 is 1.70 bits per heavy atom. The third-order valence-corrected chi connectivity index (χ3v) is 6.07. The van der Waals surface area contributed by atoms with Crippen molar-refractivity contribution in [2.75, 3.05) is 0 Å². The molecule has 0 aliphatic heterocycles. The highest BCUT2D eigenvalue weighted by Gasteiger charge is 2.29. The SMILES string of the molecule is NC1CCC(NC(c2ccc(F)cc2)c2nnnn2C2CCCCC2)CC1. The van der Waals surface area contributed by atoms with Gasteiger partial charge in [-0.3, -0.25) is 0 Å². The highest BCUT2D eigenvalue weighted by molar-refractivity contribution is 5.25. The Bertz CT molecular complexity index is 716. The van der Waals surface area contributed by atoms with Gasteiger partial charge in [-0.25, -0.2) is 9.07 Å². The normalized spacial score (nSPS) is 25.4. The molecule has 2 aliphatic rings. The lowest BCUT2D eigenvalue weighted by Gasteiger charge is -2.31. The summed E-state index contributed by atoms with van der Waals surface area (Å²) in [6, 6.07) is 7.58. The van der Waals surface area contributed by atoms with Gasteiger partial charge in [0.2, 0.25) is 0 Å². The molecule has 7 heteroatoms. The fraction of sp³-hybridized carbons (Fsp3) is 0.650. The van der Waals surface area contributed by atoms with Gasteiger partial charge in [0.05, 0.1) is 12.1 Å². The molecule has 1 atom stereocenters. The fourth-order valence-corrected chi connectivity index (χ4v) is 4.47. The van der Waals surface area contributed by atoms with Gasteiger partial charge in [-0.15, -0.1) is 5.10 Å². The third kappa shape index (κ3) is 4.35. The molecule has 6 nitrogen and oxygen atoms in total. The van der Waals surface area contributed by atoms with Gasteiger partial charge < -0.3 is 11.1 Å². The van der Waals surface area contributed by atoms with Crippen LogP contribution in [0.2, 0.25) is 0 Å². The van der Waals surface area contributed by atoms with E-state index in [-0.39, 0.29) is 11.9 Å². The minimum absolute atomic E-state index is 0.137. The van der Waals surface area contributed by atoms with Gasteiger partial charge in [0.25, 0.3) is 0 Å². The maximum atomic E-state index is 13.5. The molecule has 27 heavy (non-hydrogen) atoms. The first-order chi connectivity index (χ1) is 13.2. The van der Waals surface area contributed by atoms with Gasteiger partial charge in [0, 0.05) is 12.1 Å². The summed E-state index contributed by atoms with van der Waals surface area (Å²) in [7, 11) is 0. The second-order valence-electron chi connectivity index (χ2n) is 8.04. The van der Waals surface area contributed by atoms with E-state index in [0.717, 1.165) is 49.9 Å². The predicted octanol–water partition coefficient (Wildman–Crippen LogP) is 3.27. The number of nitrogens with one attached hydrogen (secondary N) is 1. The van der Waals surface area contributed by atoms with Crippen molar-refractivity contribution >= 4 is 0 Å². The number of nitrogens with two attached hydrogens (primary N) is 1. The molecule has 4 rings (SSSR count). The topological polar surface area (TPSA) is 81.7 Å². The molecule has 146 valence electrons. The van der Waals surface area contributed by atoms with E-state index in [0.29, 0.717) is 18.1 Å². The van der Waals surface area contributed by atoms with Crippen LogP contribution in [0.25, 0.3) is 0 Å². The second-order valence-corrected chi connectivity index (χ2v) is 8.04. The Hall–Kier alpha value is -1.86. The maximum absolute atomic E-state index is 13.5. The van der Waals surface area contributed by atoms with Crippen LogP contribution < -0.4 is 11.1 Å². The first-order valence-electron chi connectivity index (χ1n) is 10.3. The maximum Gasteiger partial charge on any atom is 0.173 e. The van der Waals surface area contributed by atoms with E-state index in [9.17, 15) is 4.39 Å². The van der Waals surface area contributed by atoms with Crippen LogP contribution in [-0.4, -0.2) is 32.3 Å². The first kappa shape index (κ1) is 18.5. The average Bonchev–Trinajstić information content (AvgIpc) is 3.19. The molecule has 2 saturated carbocycles. The Morgan fingerprint density at radius 1 is 1.00 bits per heavy atom. The Kier molecular flexibility index (Phi) is 5.78. The molecule has 1 aromatic heterocycles. The average molecular weight is 372 g/mol. The number of tetrazole rings is 1. The van der Waals surface area contributed by atoms with Crippen LogP contribution in [0.4, 0.5) is 4.39 Å². The van der Waals surface area contributed by atoms with E-state index in [2.05, 4.69) is 20.8 Å². The summed E-state index contributed by atoms with van der Waals surface area (Å²) >= 11 is 0. The van der Waals surface area contributed by atoms with Crippen LogP contribution in [-0.2, 0) is 0 Å². The lowest BCUT2D eigenvalue weighted by atomic mass is 9.90. The Labute approximate surface area is 159 Å². The van der Waals surface area contributed by atoms with Crippen molar-refractivity contribution in [1.29, 1.82) is 0 Å². The van der Waals surface area contributed by atoms with E-state index < -0.39 is 0 Å². The summed E-state index contributed by atoms with van der Waals surface area (Å²) in [6.45, 7) is 0. The zero-order valence-electron chi connectivity index (χ0n) is 15.7. The van der Waals surface area contributed by atoms with Crippen LogP contribution in [0.15, 0.2) is 24.3 Å². The van der Waals surface area contributed by atoms with Gasteiger partial charge >= 0.3 is 0 Å². The smallest absolute Gasteiger partial charge is 0.173 e. The summed E-state index contributed by atoms with van der Waals surface area (Å²) in [5, 5.41) is 16.5. The molecule has 1 heterocycles. The van der Waals surface area contributed by atoms with E-state index in [1.54, 1.807) is 0 Å². The number of hydrogen-bond acceptors (Lipinski definition) is 5. The molecule has 2 fully saturated rings. The molecule has 1 aromatic carbocycles. The fourth-order valence-electron chi connectivity index (χ4n) is 4.47. The predicted molar refractivity (Wildman–Crippen MR) is 102 cm³/mol. The standard InChI is InChI=1S/C20H29FN6/c21-15-8-6-14(7-9-15)19(23-17-12-10-16(22)11-13-17)20-24-25-26-27(20)18-4-2-1-3-5-18/h6-9,16-19,23H,1-5,10-13,22H2. The molecule has 2 aromatic rings. The second kappa shape index (κ2) is 8.44. The van der Waals surface area contributed by atoms with Crippen molar-refractivity contribution < 1.29 is 4.39 Å². The van der Waals surface area contributed by atoms with Gasteiger partial charge in [-0.2, -0.15) is 0 Å². The molecule has 0 radical (unpaired) electrons. The number of benzene rings is 1. The van der Waals surface area contributed by atoms with Gasteiger partial charge in [-0.05, 0) is 66.6 Å². The summed E-state index contributed by atoms with van der Waals surface area (Å²) in [5.74, 6) is 0.608. The van der Waals surface area contributed by atoms with Crippen LogP contribution in [0.1, 0.15) is 81.3 Å². The molecule has 2 aliphatic carbocycles. The van der Waals surface area contributed by atoms with Crippen molar-refractivity contribution in [1.82, 2.24) is 25.5 Å². The number of nitrogens with zero attached hydrogens (tertiary/aromatic N) is 4. The van der Waals surface area contributed by atoms with Crippen molar-refractivity contribution in [3.8, 4) is 0 Å². The monoisotopic (exact) mass is 372 g/mol. The van der Waals surface area contributed by atoms with Crippen molar-refractivity contribution in [3.05, 3.63) is 41.5 Å². The molecule has 0 amide bonds. The van der Waals surface area contributed by atoms with E-state index in [4.69, 9.17) is 5.73 Å². The zero-order chi connectivity index (χ0) is 18.6. The lowest BCUT2D eigenvalue weighted by molar-refractivity contribution is 0.293. The molecular weight excluding hydrogens is 343 g/mol.